The van der Waals surface area contributed by atoms with Crippen LogP contribution in [0, 0.1) is 11.2 Å². The van der Waals surface area contributed by atoms with Crippen molar-refractivity contribution in [2.45, 2.75) is 33.3 Å². The monoisotopic (exact) mass is 304 g/mol. The summed E-state index contributed by atoms with van der Waals surface area (Å²) in [5, 5.41) is 0.115. The fraction of sp³-hybridized carbons (Fsp3) is 0.538. The molecule has 0 saturated heterocycles. The molecule has 0 aliphatic carbocycles. The molecule has 0 bridgehead atoms. The number of ether oxygens (including phenoxy) is 2. The number of aromatic nitrogens is 1. The Balaban J connectivity index is 2.70. The van der Waals surface area contributed by atoms with E-state index in [0.717, 1.165) is 6.07 Å². The molecule has 7 heteroatoms. The minimum Gasteiger partial charge on any atom is -0.472 e. The van der Waals surface area contributed by atoms with E-state index < -0.39 is 18.0 Å². The van der Waals surface area contributed by atoms with Gasteiger partial charge in [0.05, 0.1) is 0 Å². The van der Waals surface area contributed by atoms with Gasteiger partial charge in [-0.1, -0.05) is 32.4 Å². The van der Waals surface area contributed by atoms with Crippen LogP contribution in [-0.2, 0) is 4.74 Å². The first-order valence-corrected chi connectivity index (χ1v) is 6.46. The van der Waals surface area contributed by atoms with Crippen molar-refractivity contribution in [3.63, 3.8) is 0 Å². The van der Waals surface area contributed by atoms with E-state index in [9.17, 15) is 9.18 Å². The molecule has 0 spiro atoms. The predicted molar refractivity (Wildman–Crippen MR) is 73.2 cm³/mol. The number of hydrogen-bond acceptors (Lipinski definition) is 4. The molecular formula is C13H18ClFN2O3. The standard InChI is InChI=1S/C13H18ClFN2O3/c1-13(2,3)6-8(20-12(16)18)7-19-11-9(15)4-5-10(14)17-11/h4-5,8H,6-7H2,1-3H3,(H2,16,18). The molecule has 0 aliphatic rings. The van der Waals surface area contributed by atoms with Crippen LogP contribution in [0.15, 0.2) is 12.1 Å². The first-order chi connectivity index (χ1) is 9.17. The Kier molecular flexibility index (Phi) is 5.56. The van der Waals surface area contributed by atoms with E-state index in [0.29, 0.717) is 6.42 Å². The number of pyridine rings is 1. The van der Waals surface area contributed by atoms with Crippen LogP contribution in [-0.4, -0.2) is 23.8 Å². The van der Waals surface area contributed by atoms with Gasteiger partial charge < -0.3 is 15.2 Å². The summed E-state index contributed by atoms with van der Waals surface area (Å²) >= 11 is 5.66. The van der Waals surface area contributed by atoms with Gasteiger partial charge >= 0.3 is 6.09 Å². The Bertz CT molecular complexity index is 477. The number of carbonyl (C=O) groups excluding carboxylic acids is 1. The highest BCUT2D eigenvalue weighted by Gasteiger charge is 2.23. The van der Waals surface area contributed by atoms with Gasteiger partial charge in [-0.15, -0.1) is 0 Å². The largest absolute Gasteiger partial charge is 0.472 e. The Hall–Kier alpha value is -1.56. The summed E-state index contributed by atoms with van der Waals surface area (Å²) in [6, 6.07) is 2.47. The van der Waals surface area contributed by atoms with Crippen LogP contribution in [0.25, 0.3) is 0 Å². The van der Waals surface area contributed by atoms with Crippen molar-refractivity contribution in [1.29, 1.82) is 0 Å². The zero-order valence-corrected chi connectivity index (χ0v) is 12.4. The number of carbonyl (C=O) groups is 1. The van der Waals surface area contributed by atoms with E-state index >= 15 is 0 Å². The smallest absolute Gasteiger partial charge is 0.404 e. The molecule has 0 radical (unpaired) electrons. The summed E-state index contributed by atoms with van der Waals surface area (Å²) in [6.45, 7) is 5.87. The van der Waals surface area contributed by atoms with Gasteiger partial charge in [-0.3, -0.25) is 0 Å². The molecule has 0 aromatic carbocycles. The average Bonchev–Trinajstić information content (AvgIpc) is 2.27. The lowest BCUT2D eigenvalue weighted by molar-refractivity contribution is 0.0440. The van der Waals surface area contributed by atoms with Crippen molar-refractivity contribution in [1.82, 2.24) is 4.98 Å². The maximum atomic E-state index is 13.4. The van der Waals surface area contributed by atoms with Crippen LogP contribution in [0.3, 0.4) is 0 Å². The van der Waals surface area contributed by atoms with Crippen LogP contribution in [0.1, 0.15) is 27.2 Å². The van der Waals surface area contributed by atoms with Crippen LogP contribution >= 0.6 is 11.6 Å². The summed E-state index contributed by atoms with van der Waals surface area (Å²) < 4.78 is 23.6. The molecule has 1 aromatic heterocycles. The van der Waals surface area contributed by atoms with Crippen LogP contribution < -0.4 is 10.5 Å². The summed E-state index contributed by atoms with van der Waals surface area (Å²) in [4.78, 5) is 14.6. The van der Waals surface area contributed by atoms with E-state index in [-0.39, 0.29) is 23.1 Å². The molecule has 5 nitrogen and oxygen atoms in total. The number of nitrogens with zero attached hydrogens (tertiary/aromatic N) is 1. The first kappa shape index (κ1) is 16.5. The lowest BCUT2D eigenvalue weighted by Crippen LogP contribution is -2.32. The third kappa shape index (κ3) is 6.06. The maximum absolute atomic E-state index is 13.4. The summed E-state index contributed by atoms with van der Waals surface area (Å²) in [6.07, 6.45) is -0.979. The molecule has 0 aliphatic heterocycles. The number of rotatable bonds is 5. The van der Waals surface area contributed by atoms with E-state index in [4.69, 9.17) is 26.8 Å². The summed E-state index contributed by atoms with van der Waals surface area (Å²) in [5.74, 6) is -0.868. The summed E-state index contributed by atoms with van der Waals surface area (Å²) in [5.41, 5.74) is 4.90. The van der Waals surface area contributed by atoms with Gasteiger partial charge in [0.25, 0.3) is 5.88 Å². The van der Waals surface area contributed by atoms with Gasteiger partial charge in [0.15, 0.2) is 5.82 Å². The van der Waals surface area contributed by atoms with Gasteiger partial charge in [0.2, 0.25) is 0 Å². The molecular weight excluding hydrogens is 287 g/mol. The second-order valence-electron chi connectivity index (χ2n) is 5.56. The topological polar surface area (TPSA) is 74.4 Å². The Labute approximate surface area is 122 Å². The van der Waals surface area contributed by atoms with Crippen molar-refractivity contribution in [2.24, 2.45) is 11.1 Å². The van der Waals surface area contributed by atoms with Gasteiger partial charge in [-0.2, -0.15) is 4.98 Å². The highest BCUT2D eigenvalue weighted by molar-refractivity contribution is 6.29. The van der Waals surface area contributed by atoms with Crippen molar-refractivity contribution in [3.05, 3.63) is 23.1 Å². The highest BCUT2D eigenvalue weighted by Crippen LogP contribution is 2.24. The molecule has 1 rings (SSSR count). The minimum atomic E-state index is -0.901. The lowest BCUT2D eigenvalue weighted by atomic mass is 9.89. The molecule has 1 atom stereocenters. The van der Waals surface area contributed by atoms with Crippen molar-refractivity contribution in [2.75, 3.05) is 6.61 Å². The molecule has 2 N–H and O–H groups in total. The lowest BCUT2D eigenvalue weighted by Gasteiger charge is -2.25. The second kappa shape index (κ2) is 6.74. The van der Waals surface area contributed by atoms with E-state index in [1.807, 2.05) is 20.8 Å². The van der Waals surface area contributed by atoms with Crippen molar-refractivity contribution < 1.29 is 18.7 Å². The first-order valence-electron chi connectivity index (χ1n) is 6.08. The molecule has 0 saturated carbocycles. The number of nitrogens with two attached hydrogens (primary N) is 1. The highest BCUT2D eigenvalue weighted by atomic mass is 35.5. The fourth-order valence-electron chi connectivity index (χ4n) is 1.66. The SMILES string of the molecule is CC(C)(C)CC(COc1nc(Cl)ccc1F)OC(N)=O. The predicted octanol–water partition coefficient (Wildman–Crippen LogP) is 3.15. The number of halogens is 2. The number of primary amides is 1. The van der Waals surface area contributed by atoms with Gasteiger partial charge in [-0.05, 0) is 24.0 Å². The van der Waals surface area contributed by atoms with Crippen LogP contribution in [0.4, 0.5) is 9.18 Å². The van der Waals surface area contributed by atoms with Crippen LogP contribution in [0.5, 0.6) is 5.88 Å². The normalized spacial score (nSPS) is 12.8. The van der Waals surface area contributed by atoms with E-state index in [1.165, 1.54) is 6.07 Å². The molecule has 0 fully saturated rings. The quantitative estimate of drug-likeness (QED) is 0.848. The molecule has 1 unspecified atom stereocenters. The van der Waals surface area contributed by atoms with Gasteiger partial charge in [0.1, 0.15) is 17.9 Å². The van der Waals surface area contributed by atoms with Gasteiger partial charge in [0, 0.05) is 0 Å². The third-order valence-electron chi connectivity index (χ3n) is 2.31. The average molecular weight is 305 g/mol. The Morgan fingerprint density at radius 1 is 1.50 bits per heavy atom. The number of amides is 1. The second-order valence-corrected chi connectivity index (χ2v) is 5.94. The van der Waals surface area contributed by atoms with E-state index in [1.54, 1.807) is 0 Å². The molecule has 112 valence electrons. The molecule has 20 heavy (non-hydrogen) atoms. The number of hydrogen-bond donors (Lipinski definition) is 1. The van der Waals surface area contributed by atoms with E-state index in [2.05, 4.69) is 4.98 Å². The zero-order valence-electron chi connectivity index (χ0n) is 11.7. The zero-order chi connectivity index (χ0) is 15.3. The molecule has 1 aromatic rings. The Morgan fingerprint density at radius 2 is 2.15 bits per heavy atom. The molecule has 1 heterocycles. The van der Waals surface area contributed by atoms with Gasteiger partial charge in [-0.25, -0.2) is 9.18 Å². The fourth-order valence-corrected chi connectivity index (χ4v) is 1.80. The maximum Gasteiger partial charge on any atom is 0.404 e. The van der Waals surface area contributed by atoms with Crippen molar-refractivity contribution in [3.8, 4) is 5.88 Å². The minimum absolute atomic E-state index is 0.0511. The molecule has 1 amide bonds. The van der Waals surface area contributed by atoms with Crippen molar-refractivity contribution >= 4 is 17.7 Å². The third-order valence-corrected chi connectivity index (χ3v) is 2.52. The Morgan fingerprint density at radius 3 is 2.70 bits per heavy atom. The summed E-state index contributed by atoms with van der Waals surface area (Å²) in [7, 11) is 0. The van der Waals surface area contributed by atoms with Crippen LogP contribution in [0.2, 0.25) is 5.15 Å².